The molecule has 3 aromatic rings. The smallest absolute Gasteiger partial charge is 0.376 e. The normalized spacial score (nSPS) is 10.4. The van der Waals surface area contributed by atoms with Crippen molar-refractivity contribution < 1.29 is 14.3 Å². The number of ether oxygens (including phenoxy) is 2. The lowest BCUT2D eigenvalue weighted by Gasteiger charge is -2.10. The molecule has 0 aliphatic carbocycles. The first-order chi connectivity index (χ1) is 10.7. The number of carbonyl (C=O) groups excluding carboxylic acids is 1. The number of nitrogens with two attached hydrogens (primary N) is 1. The quantitative estimate of drug-likeness (QED) is 0.590. The Morgan fingerprint density at radius 2 is 1.86 bits per heavy atom. The van der Waals surface area contributed by atoms with Gasteiger partial charge in [-0.15, -0.1) is 0 Å². The van der Waals surface area contributed by atoms with Gasteiger partial charge in [-0.1, -0.05) is 24.3 Å². The molecule has 3 rings (SSSR count). The van der Waals surface area contributed by atoms with E-state index in [4.69, 9.17) is 10.5 Å². The molecule has 0 spiro atoms. The average molecular weight is 295 g/mol. The zero-order valence-corrected chi connectivity index (χ0v) is 11.8. The Labute approximate surface area is 126 Å². The molecule has 0 amide bonds. The summed E-state index contributed by atoms with van der Waals surface area (Å²) in [4.78, 5) is 19.3. The van der Waals surface area contributed by atoms with E-state index in [1.807, 2.05) is 24.3 Å². The third-order valence-electron chi connectivity index (χ3n) is 3.13. The van der Waals surface area contributed by atoms with Gasteiger partial charge in [0.15, 0.2) is 0 Å². The number of methoxy groups -OCH3 is 1. The van der Waals surface area contributed by atoms with Crippen LogP contribution in [0.1, 0.15) is 10.6 Å². The average Bonchev–Trinajstić information content (AvgIpc) is 2.57. The first kappa shape index (κ1) is 13.8. The molecule has 0 aliphatic heterocycles. The number of benzene rings is 2. The standard InChI is InChI=1S/C16H13N3O3/c1-21-16(20)15-18-9-8-14(19-15)22-13-7-6-12(17)10-4-2-3-5-11(10)13/h2-9H,17H2,1H3. The van der Waals surface area contributed by atoms with E-state index in [-0.39, 0.29) is 11.7 Å². The number of carbonyl (C=O) groups is 1. The van der Waals surface area contributed by atoms with E-state index in [0.29, 0.717) is 11.4 Å². The van der Waals surface area contributed by atoms with Crippen LogP contribution >= 0.6 is 0 Å². The molecule has 1 heterocycles. The predicted molar refractivity (Wildman–Crippen MR) is 81.8 cm³/mol. The molecule has 0 fully saturated rings. The fourth-order valence-electron chi connectivity index (χ4n) is 2.09. The summed E-state index contributed by atoms with van der Waals surface area (Å²) in [6.45, 7) is 0. The van der Waals surface area contributed by atoms with E-state index < -0.39 is 5.97 Å². The number of aromatic nitrogens is 2. The molecule has 2 N–H and O–H groups in total. The zero-order chi connectivity index (χ0) is 15.5. The molecule has 2 aromatic carbocycles. The van der Waals surface area contributed by atoms with Gasteiger partial charge in [0.1, 0.15) is 5.75 Å². The lowest BCUT2D eigenvalue weighted by atomic mass is 10.1. The van der Waals surface area contributed by atoms with Crippen LogP contribution in [-0.2, 0) is 4.74 Å². The second-order valence-corrected chi connectivity index (χ2v) is 4.51. The molecule has 0 saturated carbocycles. The van der Waals surface area contributed by atoms with Crippen LogP contribution in [0.3, 0.4) is 0 Å². The number of nitrogens with zero attached hydrogens (tertiary/aromatic N) is 2. The van der Waals surface area contributed by atoms with Crippen LogP contribution in [0.15, 0.2) is 48.7 Å². The fraction of sp³-hybridized carbons (Fsp3) is 0.0625. The van der Waals surface area contributed by atoms with Crippen molar-refractivity contribution in [3.05, 3.63) is 54.5 Å². The highest BCUT2D eigenvalue weighted by molar-refractivity contribution is 5.97. The van der Waals surface area contributed by atoms with Crippen molar-refractivity contribution in [2.24, 2.45) is 0 Å². The van der Waals surface area contributed by atoms with Crippen molar-refractivity contribution in [1.29, 1.82) is 0 Å². The van der Waals surface area contributed by atoms with Crippen LogP contribution < -0.4 is 10.5 Å². The summed E-state index contributed by atoms with van der Waals surface area (Å²) in [7, 11) is 1.27. The van der Waals surface area contributed by atoms with Crippen LogP contribution in [-0.4, -0.2) is 23.0 Å². The molecule has 110 valence electrons. The van der Waals surface area contributed by atoms with Crippen molar-refractivity contribution in [2.45, 2.75) is 0 Å². The zero-order valence-electron chi connectivity index (χ0n) is 11.8. The van der Waals surface area contributed by atoms with E-state index in [0.717, 1.165) is 10.8 Å². The highest BCUT2D eigenvalue weighted by Gasteiger charge is 2.12. The second-order valence-electron chi connectivity index (χ2n) is 4.51. The molecule has 0 unspecified atom stereocenters. The highest BCUT2D eigenvalue weighted by atomic mass is 16.5. The lowest BCUT2D eigenvalue weighted by molar-refractivity contribution is 0.0585. The Hall–Kier alpha value is -3.15. The van der Waals surface area contributed by atoms with Crippen molar-refractivity contribution >= 4 is 22.4 Å². The summed E-state index contributed by atoms with van der Waals surface area (Å²) in [5.74, 6) is 0.178. The third-order valence-corrected chi connectivity index (χ3v) is 3.13. The molecule has 0 bridgehead atoms. The van der Waals surface area contributed by atoms with Crippen molar-refractivity contribution in [3.8, 4) is 11.6 Å². The molecule has 22 heavy (non-hydrogen) atoms. The Morgan fingerprint density at radius 3 is 2.64 bits per heavy atom. The van der Waals surface area contributed by atoms with Gasteiger partial charge in [-0.05, 0) is 12.1 Å². The molecular formula is C16H13N3O3. The molecule has 1 aromatic heterocycles. The summed E-state index contributed by atoms with van der Waals surface area (Å²) < 4.78 is 10.4. The summed E-state index contributed by atoms with van der Waals surface area (Å²) >= 11 is 0. The first-order valence-electron chi connectivity index (χ1n) is 6.55. The van der Waals surface area contributed by atoms with Gasteiger partial charge in [-0.3, -0.25) is 0 Å². The maximum atomic E-state index is 11.5. The van der Waals surface area contributed by atoms with Gasteiger partial charge in [0.2, 0.25) is 11.7 Å². The Bertz CT molecular complexity index is 849. The Kier molecular flexibility index (Phi) is 3.57. The lowest BCUT2D eigenvalue weighted by Crippen LogP contribution is -2.07. The predicted octanol–water partition coefficient (Wildman–Crippen LogP) is 2.79. The Balaban J connectivity index is 2.00. The molecular weight excluding hydrogens is 282 g/mol. The van der Waals surface area contributed by atoms with E-state index in [9.17, 15) is 4.79 Å². The van der Waals surface area contributed by atoms with Crippen LogP contribution in [0, 0.1) is 0 Å². The van der Waals surface area contributed by atoms with Crippen molar-refractivity contribution in [1.82, 2.24) is 9.97 Å². The van der Waals surface area contributed by atoms with Gasteiger partial charge in [-0.25, -0.2) is 9.78 Å². The maximum Gasteiger partial charge on any atom is 0.376 e. The Morgan fingerprint density at radius 1 is 1.09 bits per heavy atom. The summed E-state index contributed by atoms with van der Waals surface area (Å²) in [6.07, 6.45) is 1.44. The summed E-state index contributed by atoms with van der Waals surface area (Å²) in [6, 6.07) is 12.7. The van der Waals surface area contributed by atoms with Crippen LogP contribution in [0.25, 0.3) is 10.8 Å². The first-order valence-corrected chi connectivity index (χ1v) is 6.55. The van der Waals surface area contributed by atoms with E-state index in [1.54, 1.807) is 18.2 Å². The maximum absolute atomic E-state index is 11.5. The number of fused-ring (bicyclic) bond motifs is 1. The molecule has 0 aliphatic rings. The van der Waals surface area contributed by atoms with E-state index >= 15 is 0 Å². The molecule has 0 radical (unpaired) electrons. The van der Waals surface area contributed by atoms with Gasteiger partial charge in [0.05, 0.1) is 7.11 Å². The van der Waals surface area contributed by atoms with Gasteiger partial charge >= 0.3 is 5.97 Å². The van der Waals surface area contributed by atoms with E-state index in [1.165, 1.54) is 13.3 Å². The monoisotopic (exact) mass is 295 g/mol. The number of anilines is 1. The summed E-state index contributed by atoms with van der Waals surface area (Å²) in [5, 5.41) is 1.75. The molecule has 6 heteroatoms. The molecule has 0 saturated heterocycles. The SMILES string of the molecule is COC(=O)c1nccc(Oc2ccc(N)c3ccccc23)n1. The fourth-order valence-corrected chi connectivity index (χ4v) is 2.09. The molecule has 6 nitrogen and oxygen atoms in total. The van der Waals surface area contributed by atoms with Gasteiger partial charge in [0, 0.05) is 28.7 Å². The minimum atomic E-state index is -0.618. The second kappa shape index (κ2) is 5.69. The molecule has 0 atom stereocenters. The van der Waals surface area contributed by atoms with Crippen molar-refractivity contribution in [2.75, 3.05) is 12.8 Å². The van der Waals surface area contributed by atoms with Crippen LogP contribution in [0.5, 0.6) is 11.6 Å². The minimum Gasteiger partial charge on any atom is -0.463 e. The topological polar surface area (TPSA) is 87.3 Å². The minimum absolute atomic E-state index is 0.0558. The summed E-state index contributed by atoms with van der Waals surface area (Å²) in [5.41, 5.74) is 6.63. The van der Waals surface area contributed by atoms with E-state index in [2.05, 4.69) is 14.7 Å². The number of esters is 1. The van der Waals surface area contributed by atoms with Gasteiger partial charge in [0.25, 0.3) is 0 Å². The third kappa shape index (κ3) is 2.54. The number of nitrogen functional groups attached to an aromatic ring is 1. The number of hydrogen-bond donors (Lipinski definition) is 1. The van der Waals surface area contributed by atoms with Crippen LogP contribution in [0.4, 0.5) is 5.69 Å². The highest BCUT2D eigenvalue weighted by Crippen LogP contribution is 2.32. The van der Waals surface area contributed by atoms with Crippen molar-refractivity contribution in [3.63, 3.8) is 0 Å². The number of hydrogen-bond acceptors (Lipinski definition) is 6. The number of rotatable bonds is 3. The largest absolute Gasteiger partial charge is 0.463 e. The van der Waals surface area contributed by atoms with Gasteiger partial charge in [-0.2, -0.15) is 4.98 Å². The van der Waals surface area contributed by atoms with Gasteiger partial charge < -0.3 is 15.2 Å². The van der Waals surface area contributed by atoms with Crippen LogP contribution in [0.2, 0.25) is 0 Å².